The van der Waals surface area contributed by atoms with Crippen LogP contribution in [0.1, 0.15) is 24.8 Å². The highest BCUT2D eigenvalue weighted by Gasteiger charge is 2.39. The number of hydrogen-bond donors (Lipinski definition) is 2. The second kappa shape index (κ2) is 9.91. The summed E-state index contributed by atoms with van der Waals surface area (Å²) in [5.74, 6) is -0.673. The Kier molecular flexibility index (Phi) is 7.30. The SMILES string of the molecule is CC1C(=O)/C(=N/NCCN2CCN(CCO)CC2)C(=O)CC1c1ccccc1. The van der Waals surface area contributed by atoms with E-state index in [-0.39, 0.29) is 35.7 Å². The molecule has 1 heterocycles. The zero-order valence-corrected chi connectivity index (χ0v) is 16.5. The molecule has 3 rings (SSSR count). The van der Waals surface area contributed by atoms with Crippen LogP contribution in [0.4, 0.5) is 0 Å². The minimum absolute atomic E-state index is 0.0625. The van der Waals surface area contributed by atoms with Crippen molar-refractivity contribution in [3.05, 3.63) is 35.9 Å². The van der Waals surface area contributed by atoms with Gasteiger partial charge < -0.3 is 10.5 Å². The minimum atomic E-state index is -0.250. The molecule has 0 spiro atoms. The number of hydrogen-bond acceptors (Lipinski definition) is 7. The van der Waals surface area contributed by atoms with Crippen molar-refractivity contribution in [2.45, 2.75) is 19.3 Å². The van der Waals surface area contributed by atoms with Crippen molar-refractivity contribution < 1.29 is 14.7 Å². The average Bonchev–Trinajstić information content (AvgIpc) is 2.72. The van der Waals surface area contributed by atoms with Crippen molar-refractivity contribution >= 4 is 17.3 Å². The van der Waals surface area contributed by atoms with Crippen molar-refractivity contribution in [2.24, 2.45) is 11.0 Å². The molecule has 2 unspecified atom stereocenters. The lowest BCUT2D eigenvalue weighted by Gasteiger charge is -2.34. The monoisotopic (exact) mass is 386 g/mol. The maximum atomic E-state index is 12.7. The first kappa shape index (κ1) is 20.6. The molecule has 1 saturated heterocycles. The summed E-state index contributed by atoms with van der Waals surface area (Å²) in [5.41, 5.74) is 4.02. The minimum Gasteiger partial charge on any atom is -0.395 e. The van der Waals surface area contributed by atoms with Gasteiger partial charge in [-0.1, -0.05) is 37.3 Å². The third-order valence-electron chi connectivity index (χ3n) is 5.76. The number of β-amino-alcohol motifs (C(OH)–C–C–N with tert-alkyl or cyclic N) is 1. The molecule has 0 radical (unpaired) electrons. The molecule has 7 heteroatoms. The highest BCUT2D eigenvalue weighted by molar-refractivity contribution is 6.67. The molecule has 0 bridgehead atoms. The van der Waals surface area contributed by atoms with Crippen LogP contribution in [0.15, 0.2) is 35.4 Å². The van der Waals surface area contributed by atoms with Crippen molar-refractivity contribution in [3.63, 3.8) is 0 Å². The molecule has 0 aromatic heterocycles. The number of carbonyl (C=O) groups excluding carboxylic acids is 2. The fraction of sp³-hybridized carbons (Fsp3) is 0.571. The summed E-state index contributed by atoms with van der Waals surface area (Å²) < 4.78 is 0. The van der Waals surface area contributed by atoms with Crippen LogP contribution in [0, 0.1) is 5.92 Å². The van der Waals surface area contributed by atoms with Gasteiger partial charge in [0, 0.05) is 64.1 Å². The molecular formula is C21H30N4O3. The van der Waals surface area contributed by atoms with E-state index >= 15 is 0 Å². The highest BCUT2D eigenvalue weighted by Crippen LogP contribution is 2.33. The first-order valence-corrected chi connectivity index (χ1v) is 10.1. The number of benzene rings is 1. The maximum Gasteiger partial charge on any atom is 0.190 e. The molecule has 1 saturated carbocycles. The third-order valence-corrected chi connectivity index (χ3v) is 5.76. The summed E-state index contributed by atoms with van der Waals surface area (Å²) in [6, 6.07) is 9.76. The number of nitrogens with one attached hydrogen (secondary N) is 1. The number of rotatable bonds is 7. The molecule has 7 nitrogen and oxygen atoms in total. The van der Waals surface area contributed by atoms with Crippen LogP contribution < -0.4 is 5.43 Å². The van der Waals surface area contributed by atoms with Gasteiger partial charge in [0.15, 0.2) is 17.3 Å². The van der Waals surface area contributed by atoms with Crippen LogP contribution in [-0.4, -0.2) is 84.6 Å². The summed E-state index contributed by atoms with van der Waals surface area (Å²) in [6.45, 7) is 8.02. The van der Waals surface area contributed by atoms with E-state index in [1.54, 1.807) is 0 Å². The number of Topliss-reactive ketones (excluding diaryl/α,β-unsaturated/α-hetero) is 2. The van der Waals surface area contributed by atoms with Crippen LogP contribution in [0.2, 0.25) is 0 Å². The zero-order valence-electron chi connectivity index (χ0n) is 16.5. The average molecular weight is 386 g/mol. The molecule has 1 aromatic carbocycles. The Morgan fingerprint density at radius 1 is 1.07 bits per heavy atom. The van der Waals surface area contributed by atoms with Crippen LogP contribution in [0.25, 0.3) is 0 Å². The number of aliphatic hydroxyl groups excluding tert-OH is 1. The molecule has 1 aliphatic carbocycles. The topological polar surface area (TPSA) is 85.2 Å². The number of aliphatic hydroxyl groups is 1. The molecule has 152 valence electrons. The van der Waals surface area contributed by atoms with Gasteiger partial charge in [0.2, 0.25) is 0 Å². The Labute approximate surface area is 166 Å². The van der Waals surface area contributed by atoms with E-state index in [0.29, 0.717) is 13.0 Å². The van der Waals surface area contributed by atoms with E-state index in [2.05, 4.69) is 20.3 Å². The molecular weight excluding hydrogens is 356 g/mol. The fourth-order valence-corrected chi connectivity index (χ4v) is 3.95. The molecule has 1 aliphatic heterocycles. The number of hydrazone groups is 1. The summed E-state index contributed by atoms with van der Waals surface area (Å²) in [6.07, 6.45) is 0.324. The van der Waals surface area contributed by atoms with Crippen molar-refractivity contribution in [1.82, 2.24) is 15.2 Å². The molecule has 2 N–H and O–H groups in total. The first-order valence-electron chi connectivity index (χ1n) is 10.1. The van der Waals surface area contributed by atoms with Gasteiger partial charge in [-0.05, 0) is 5.56 Å². The maximum absolute atomic E-state index is 12.7. The van der Waals surface area contributed by atoms with Crippen molar-refractivity contribution in [3.8, 4) is 0 Å². The molecule has 2 fully saturated rings. The smallest absolute Gasteiger partial charge is 0.190 e. The lowest BCUT2D eigenvalue weighted by molar-refractivity contribution is -0.122. The van der Waals surface area contributed by atoms with Gasteiger partial charge in [-0.15, -0.1) is 0 Å². The number of nitrogens with zero attached hydrogens (tertiary/aromatic N) is 3. The quantitative estimate of drug-likeness (QED) is 0.525. The van der Waals surface area contributed by atoms with E-state index < -0.39 is 0 Å². The Morgan fingerprint density at radius 2 is 1.71 bits per heavy atom. The fourth-order valence-electron chi connectivity index (χ4n) is 3.95. The van der Waals surface area contributed by atoms with E-state index in [9.17, 15) is 9.59 Å². The number of ketones is 2. The van der Waals surface area contributed by atoms with E-state index in [0.717, 1.165) is 44.8 Å². The Morgan fingerprint density at radius 3 is 2.36 bits per heavy atom. The third kappa shape index (κ3) is 5.04. The molecule has 1 aromatic rings. The standard InChI is InChI=1S/C21H30N4O3/c1-16-18(17-5-3-2-4-6-17)15-19(27)20(21(16)28)23-22-7-8-24-9-11-25(12-10-24)13-14-26/h2-6,16,18,22,26H,7-15H2,1H3/b23-20+. The second-order valence-electron chi connectivity index (χ2n) is 7.57. The van der Waals surface area contributed by atoms with Crippen LogP contribution >= 0.6 is 0 Å². The predicted molar refractivity (Wildman–Crippen MR) is 108 cm³/mol. The summed E-state index contributed by atoms with van der Waals surface area (Å²) in [7, 11) is 0. The van der Waals surface area contributed by atoms with Gasteiger partial charge in [-0.2, -0.15) is 5.10 Å². The molecule has 2 atom stereocenters. The van der Waals surface area contributed by atoms with E-state index in [1.807, 2.05) is 37.3 Å². The molecule has 28 heavy (non-hydrogen) atoms. The van der Waals surface area contributed by atoms with Gasteiger partial charge in [0.25, 0.3) is 0 Å². The Hall–Kier alpha value is -2.09. The molecule has 0 amide bonds. The largest absolute Gasteiger partial charge is 0.395 e. The summed E-state index contributed by atoms with van der Waals surface area (Å²) in [5, 5.41) is 13.1. The van der Waals surface area contributed by atoms with Crippen LogP contribution in [0.5, 0.6) is 0 Å². The number of piperazine rings is 1. The second-order valence-corrected chi connectivity index (χ2v) is 7.57. The van der Waals surface area contributed by atoms with Crippen molar-refractivity contribution in [2.75, 3.05) is 52.4 Å². The van der Waals surface area contributed by atoms with Gasteiger partial charge in [0.05, 0.1) is 6.61 Å². The van der Waals surface area contributed by atoms with Crippen LogP contribution in [0.3, 0.4) is 0 Å². The summed E-state index contributed by atoms with van der Waals surface area (Å²) >= 11 is 0. The van der Waals surface area contributed by atoms with E-state index in [4.69, 9.17) is 5.11 Å². The lowest BCUT2D eigenvalue weighted by Crippen LogP contribution is -2.48. The Balaban J connectivity index is 1.48. The lowest BCUT2D eigenvalue weighted by atomic mass is 9.74. The van der Waals surface area contributed by atoms with E-state index in [1.165, 1.54) is 0 Å². The van der Waals surface area contributed by atoms with Gasteiger partial charge in [-0.3, -0.25) is 19.4 Å². The van der Waals surface area contributed by atoms with Gasteiger partial charge in [0.1, 0.15) is 0 Å². The zero-order chi connectivity index (χ0) is 19.9. The van der Waals surface area contributed by atoms with Gasteiger partial charge >= 0.3 is 0 Å². The van der Waals surface area contributed by atoms with Gasteiger partial charge in [-0.25, -0.2) is 0 Å². The summed E-state index contributed by atoms with van der Waals surface area (Å²) in [4.78, 5) is 29.7. The van der Waals surface area contributed by atoms with Crippen LogP contribution in [-0.2, 0) is 9.59 Å². The highest BCUT2D eigenvalue weighted by atomic mass is 16.3. The molecule has 2 aliphatic rings. The predicted octanol–water partition coefficient (Wildman–Crippen LogP) is 0.504. The Bertz CT molecular complexity index is 699. The first-order chi connectivity index (χ1) is 13.6. The number of carbonyl (C=O) groups is 2. The normalized spacial score (nSPS) is 26.0. The van der Waals surface area contributed by atoms with Crippen molar-refractivity contribution in [1.29, 1.82) is 0 Å².